The molecule has 2 aliphatic carbocycles. The van der Waals surface area contributed by atoms with Crippen molar-refractivity contribution in [2.24, 2.45) is 0 Å². The predicted molar refractivity (Wildman–Crippen MR) is 125 cm³/mol. The molecule has 29 heavy (non-hydrogen) atoms. The van der Waals surface area contributed by atoms with Crippen molar-refractivity contribution in [2.75, 3.05) is 6.26 Å². The monoisotopic (exact) mass is 456 g/mol. The molecule has 0 aliphatic heterocycles. The first-order chi connectivity index (χ1) is 13.8. The first-order valence-corrected chi connectivity index (χ1v) is 12.1. The Kier molecular flexibility index (Phi) is 11.8. The molecular formula is C26H25FePS+2. The van der Waals surface area contributed by atoms with E-state index >= 15 is 0 Å². The third-order valence-electron chi connectivity index (χ3n) is 4.48. The Morgan fingerprint density at radius 1 is 0.897 bits per heavy atom. The maximum absolute atomic E-state index is 3.35. The maximum Gasteiger partial charge on any atom is 2.00 e. The van der Waals surface area contributed by atoms with Gasteiger partial charge in [-0.05, 0) is 95.3 Å². The zero-order valence-electron chi connectivity index (χ0n) is 16.7. The summed E-state index contributed by atoms with van der Waals surface area (Å²) in [5, 5.41) is 3.26. The topological polar surface area (TPSA) is 0 Å². The minimum atomic E-state index is -0.561. The molecule has 0 spiro atoms. The van der Waals surface area contributed by atoms with Crippen LogP contribution in [0.2, 0.25) is 0 Å². The average molecular weight is 456 g/mol. The SMILES string of the molecule is CS[C@H](C)C[C]1[CH][CH][CH][C]1P(c1c#cccc1)c1ccccc1.[CH]1[CH][CH][CH][CH]1.[Fe+2]. The molecule has 0 amide bonds. The average Bonchev–Trinajstić information content (AvgIpc) is 3.46. The van der Waals surface area contributed by atoms with Crippen molar-refractivity contribution in [2.45, 2.75) is 18.6 Å². The van der Waals surface area contributed by atoms with Gasteiger partial charge in [0.2, 0.25) is 0 Å². The summed E-state index contributed by atoms with van der Waals surface area (Å²) in [5.41, 5.74) is 1.46. The van der Waals surface area contributed by atoms with Crippen molar-refractivity contribution in [3.8, 4) is 0 Å². The van der Waals surface area contributed by atoms with Gasteiger partial charge in [-0.1, -0.05) is 55.5 Å². The zero-order chi connectivity index (χ0) is 19.6. The zero-order valence-corrected chi connectivity index (χ0v) is 19.5. The van der Waals surface area contributed by atoms with Gasteiger partial charge >= 0.3 is 17.1 Å². The van der Waals surface area contributed by atoms with Crippen molar-refractivity contribution >= 4 is 30.3 Å². The summed E-state index contributed by atoms with van der Waals surface area (Å²) in [5.74, 6) is 1.47. The smallest absolute Gasteiger partial charge is 0.162 e. The summed E-state index contributed by atoms with van der Waals surface area (Å²) in [7, 11) is -0.561. The Bertz CT molecular complexity index is 612. The minimum Gasteiger partial charge on any atom is -0.162 e. The van der Waals surface area contributed by atoms with E-state index in [0.717, 1.165) is 6.42 Å². The largest absolute Gasteiger partial charge is 2.00 e. The molecule has 2 fully saturated rings. The second kappa shape index (κ2) is 13.8. The summed E-state index contributed by atoms with van der Waals surface area (Å²) in [4.78, 5) is 0. The van der Waals surface area contributed by atoms with E-state index in [4.69, 9.17) is 0 Å². The molecule has 2 aliphatic rings. The molecule has 2 atom stereocenters. The predicted octanol–water partition coefficient (Wildman–Crippen LogP) is 5.61. The second-order valence-electron chi connectivity index (χ2n) is 6.50. The molecule has 3 heteroatoms. The van der Waals surface area contributed by atoms with Crippen LogP contribution in [0.3, 0.4) is 0 Å². The Hall–Kier alpha value is -0.441. The number of hydrogen-bond donors (Lipinski definition) is 0. The fourth-order valence-corrected chi connectivity index (χ4v) is 5.74. The van der Waals surface area contributed by atoms with Gasteiger partial charge in [0, 0.05) is 16.2 Å². The van der Waals surface area contributed by atoms with Gasteiger partial charge in [-0.2, -0.15) is 11.8 Å². The molecule has 1 unspecified atom stereocenters. The molecular weight excluding hydrogens is 431 g/mol. The maximum atomic E-state index is 3.35. The summed E-state index contributed by atoms with van der Waals surface area (Å²) in [6.45, 7) is 2.30. The van der Waals surface area contributed by atoms with E-state index < -0.39 is 7.92 Å². The Morgan fingerprint density at radius 2 is 1.59 bits per heavy atom. The van der Waals surface area contributed by atoms with Crippen LogP contribution in [0.25, 0.3) is 0 Å². The molecule has 0 N–H and O–H groups in total. The number of hydrogen-bond acceptors (Lipinski definition) is 1. The van der Waals surface area contributed by atoms with Gasteiger partial charge in [0.25, 0.3) is 0 Å². The second-order valence-corrected chi connectivity index (χ2v) is 9.93. The molecule has 2 aromatic carbocycles. The van der Waals surface area contributed by atoms with Crippen molar-refractivity contribution in [1.29, 1.82) is 0 Å². The van der Waals surface area contributed by atoms with Crippen molar-refractivity contribution in [1.82, 2.24) is 0 Å². The van der Waals surface area contributed by atoms with Gasteiger partial charge in [-0.15, -0.1) is 0 Å². The van der Waals surface area contributed by atoms with Crippen LogP contribution < -0.4 is 10.6 Å². The molecule has 0 nitrogen and oxygen atoms in total. The van der Waals surface area contributed by atoms with Gasteiger partial charge < -0.3 is 0 Å². The molecule has 2 aromatic rings. The van der Waals surface area contributed by atoms with E-state index in [9.17, 15) is 0 Å². The molecule has 0 saturated heterocycles. The first kappa shape index (κ1) is 24.8. The molecule has 146 valence electrons. The molecule has 0 bridgehead atoms. The van der Waals surface area contributed by atoms with E-state index in [1.54, 1.807) is 0 Å². The standard InChI is InChI=1S/C21H20PS.C5H5.Fe/c1-17(23-2)16-18-10-9-15-21(18)22(19-11-5-3-6-12-19)20-13-7-4-8-14-20;1-2-4-5-3-1;/h3-7,9-13,15,17H,16H2,1-2H3;1-5H;/q;;+2/t17-,22?;;/m1../s1. The fourth-order valence-electron chi connectivity index (χ4n) is 3.01. The number of benzene rings is 1. The summed E-state index contributed by atoms with van der Waals surface area (Å²) in [6, 6.07) is 23.5. The van der Waals surface area contributed by atoms with Crippen LogP contribution in [-0.2, 0) is 17.1 Å². The summed E-state index contributed by atoms with van der Waals surface area (Å²) in [6.07, 6.45) is 20.1. The van der Waals surface area contributed by atoms with Crippen LogP contribution in [0, 0.1) is 75.1 Å². The summed E-state index contributed by atoms with van der Waals surface area (Å²) >= 11 is 1.93. The summed E-state index contributed by atoms with van der Waals surface area (Å²) < 4.78 is 0. The van der Waals surface area contributed by atoms with Crippen LogP contribution in [0.1, 0.15) is 13.3 Å². The fraction of sp³-hybridized carbons (Fsp3) is 0.154. The van der Waals surface area contributed by atoms with E-state index in [2.05, 4.69) is 87.0 Å². The van der Waals surface area contributed by atoms with Crippen molar-refractivity contribution in [3.05, 3.63) is 124 Å². The van der Waals surface area contributed by atoms with Crippen molar-refractivity contribution in [3.63, 3.8) is 0 Å². The minimum absolute atomic E-state index is 0. The van der Waals surface area contributed by atoms with Gasteiger partial charge in [0.15, 0.2) is 0 Å². The molecule has 0 aromatic heterocycles. The van der Waals surface area contributed by atoms with Crippen LogP contribution in [0.4, 0.5) is 0 Å². The molecule has 10 radical (unpaired) electrons. The third kappa shape index (κ3) is 7.64. The molecule has 2 saturated carbocycles. The Labute approximate surface area is 195 Å². The van der Waals surface area contributed by atoms with Crippen LogP contribution in [0.5, 0.6) is 0 Å². The van der Waals surface area contributed by atoms with E-state index in [-0.39, 0.29) is 17.1 Å². The van der Waals surface area contributed by atoms with E-state index in [1.165, 1.54) is 22.2 Å². The third-order valence-corrected chi connectivity index (χ3v) is 7.92. The van der Waals surface area contributed by atoms with Gasteiger partial charge in [-0.3, -0.25) is 0 Å². The Morgan fingerprint density at radius 3 is 2.17 bits per heavy atom. The van der Waals surface area contributed by atoms with Crippen molar-refractivity contribution < 1.29 is 17.1 Å². The van der Waals surface area contributed by atoms with Crippen LogP contribution in [-0.4, -0.2) is 11.5 Å². The quantitative estimate of drug-likeness (QED) is 0.402. The van der Waals surface area contributed by atoms with Crippen LogP contribution >= 0.6 is 19.7 Å². The first-order valence-electron chi connectivity index (χ1n) is 9.47. The van der Waals surface area contributed by atoms with Gasteiger partial charge in [-0.25, -0.2) is 0 Å². The molecule has 0 heterocycles. The number of thioether (sulfide) groups is 1. The molecule has 4 rings (SSSR count). The van der Waals surface area contributed by atoms with E-state index in [0.29, 0.717) is 5.25 Å². The number of rotatable bonds is 6. The van der Waals surface area contributed by atoms with Gasteiger partial charge in [0.1, 0.15) is 0 Å². The van der Waals surface area contributed by atoms with Gasteiger partial charge in [0.05, 0.1) is 0 Å². The Balaban J connectivity index is 0.000000437. The normalized spacial score (nSPS) is 17.9. The van der Waals surface area contributed by atoms with E-state index in [1.807, 2.05) is 49.9 Å². The van der Waals surface area contributed by atoms with Crippen LogP contribution in [0.15, 0.2) is 48.5 Å².